The monoisotopic (exact) mass is 444 g/mol. The van der Waals surface area contributed by atoms with Crippen LogP contribution in [0.15, 0.2) is 46.9 Å². The zero-order chi connectivity index (χ0) is 20.3. The standard InChI is InChI=1S/C21H21BrN2O4/c1-13-14(2)18(9-8-17(13)22)23-19(25)12-28-21(27)15-10-20(26)24(11-15)16-6-4-3-5-7-16/h3-9,15H,10-12H2,1-2H3,(H,23,25)/t15-/m1/s1. The third-order valence-corrected chi connectivity index (χ3v) is 5.73. The molecule has 2 amide bonds. The minimum absolute atomic E-state index is 0.0837. The lowest BCUT2D eigenvalue weighted by atomic mass is 10.1. The average molecular weight is 445 g/mol. The number of hydrogen-bond donors (Lipinski definition) is 1. The Balaban J connectivity index is 1.54. The number of rotatable bonds is 5. The minimum atomic E-state index is -0.572. The summed E-state index contributed by atoms with van der Waals surface area (Å²) < 4.78 is 6.11. The third kappa shape index (κ3) is 4.42. The molecular formula is C21H21BrN2O4. The lowest BCUT2D eigenvalue weighted by Gasteiger charge is -2.16. The molecule has 1 N–H and O–H groups in total. The minimum Gasteiger partial charge on any atom is -0.455 e. The van der Waals surface area contributed by atoms with Crippen LogP contribution in [0.2, 0.25) is 0 Å². The van der Waals surface area contributed by atoms with Crippen molar-refractivity contribution in [3.63, 3.8) is 0 Å². The smallest absolute Gasteiger partial charge is 0.311 e. The number of nitrogens with zero attached hydrogens (tertiary/aromatic N) is 1. The number of ether oxygens (including phenoxy) is 1. The van der Waals surface area contributed by atoms with Gasteiger partial charge in [-0.15, -0.1) is 0 Å². The van der Waals surface area contributed by atoms with Crippen molar-refractivity contribution < 1.29 is 19.1 Å². The van der Waals surface area contributed by atoms with Gasteiger partial charge in [0.05, 0.1) is 5.92 Å². The molecule has 0 radical (unpaired) electrons. The van der Waals surface area contributed by atoms with Gasteiger partial charge < -0.3 is 15.0 Å². The van der Waals surface area contributed by atoms with Crippen LogP contribution in [-0.4, -0.2) is 30.9 Å². The number of nitrogens with one attached hydrogen (secondary N) is 1. The first-order valence-corrected chi connectivity index (χ1v) is 9.73. The van der Waals surface area contributed by atoms with E-state index in [4.69, 9.17) is 4.74 Å². The number of halogens is 1. The van der Waals surface area contributed by atoms with Crippen molar-refractivity contribution in [3.05, 3.63) is 58.1 Å². The quantitative estimate of drug-likeness (QED) is 0.714. The van der Waals surface area contributed by atoms with Gasteiger partial charge in [-0.05, 0) is 49.2 Å². The maximum atomic E-state index is 12.3. The van der Waals surface area contributed by atoms with Crippen LogP contribution in [0.4, 0.5) is 11.4 Å². The molecule has 2 aromatic rings. The lowest BCUT2D eigenvalue weighted by Crippen LogP contribution is -2.28. The average Bonchev–Trinajstić information content (AvgIpc) is 3.09. The molecule has 1 atom stereocenters. The molecule has 0 unspecified atom stereocenters. The van der Waals surface area contributed by atoms with Crippen LogP contribution >= 0.6 is 15.9 Å². The Kier molecular flexibility index (Phi) is 6.14. The topological polar surface area (TPSA) is 75.7 Å². The van der Waals surface area contributed by atoms with Crippen LogP contribution in [0.3, 0.4) is 0 Å². The fraction of sp³-hybridized carbons (Fsp3) is 0.286. The molecule has 28 heavy (non-hydrogen) atoms. The van der Waals surface area contributed by atoms with E-state index < -0.39 is 17.8 Å². The van der Waals surface area contributed by atoms with Gasteiger partial charge in [-0.1, -0.05) is 34.1 Å². The Morgan fingerprint density at radius 2 is 1.86 bits per heavy atom. The lowest BCUT2D eigenvalue weighted by molar-refractivity contribution is -0.151. The van der Waals surface area contributed by atoms with Gasteiger partial charge in [-0.2, -0.15) is 0 Å². The van der Waals surface area contributed by atoms with Crippen molar-refractivity contribution in [2.24, 2.45) is 5.92 Å². The Bertz CT molecular complexity index is 914. The number of para-hydroxylation sites is 1. The molecule has 1 saturated heterocycles. The number of esters is 1. The van der Waals surface area contributed by atoms with Gasteiger partial charge in [0, 0.05) is 28.8 Å². The molecule has 1 heterocycles. The summed E-state index contributed by atoms with van der Waals surface area (Å²) in [6.45, 7) is 3.73. The number of carbonyl (C=O) groups excluding carboxylic acids is 3. The highest BCUT2D eigenvalue weighted by Gasteiger charge is 2.36. The van der Waals surface area contributed by atoms with Gasteiger partial charge >= 0.3 is 5.97 Å². The molecule has 0 bridgehead atoms. The van der Waals surface area contributed by atoms with Gasteiger partial charge in [0.25, 0.3) is 5.91 Å². The molecule has 0 saturated carbocycles. The van der Waals surface area contributed by atoms with E-state index in [0.29, 0.717) is 5.69 Å². The zero-order valence-electron chi connectivity index (χ0n) is 15.7. The molecule has 1 aliphatic heterocycles. The number of benzene rings is 2. The Labute approximate surface area is 172 Å². The van der Waals surface area contributed by atoms with Crippen LogP contribution in [0.1, 0.15) is 17.5 Å². The molecule has 6 nitrogen and oxygen atoms in total. The van der Waals surface area contributed by atoms with Crippen LogP contribution in [0, 0.1) is 19.8 Å². The van der Waals surface area contributed by atoms with Crippen molar-refractivity contribution >= 4 is 45.1 Å². The van der Waals surface area contributed by atoms with E-state index in [-0.39, 0.29) is 25.5 Å². The Hall–Kier alpha value is -2.67. The van der Waals surface area contributed by atoms with Crippen molar-refractivity contribution in [2.45, 2.75) is 20.3 Å². The first-order valence-electron chi connectivity index (χ1n) is 8.94. The fourth-order valence-electron chi connectivity index (χ4n) is 3.09. The number of amides is 2. The van der Waals surface area contributed by atoms with Crippen molar-refractivity contribution in [1.29, 1.82) is 0 Å². The highest BCUT2D eigenvalue weighted by Crippen LogP contribution is 2.27. The summed E-state index contributed by atoms with van der Waals surface area (Å²) in [6.07, 6.45) is 0.0837. The zero-order valence-corrected chi connectivity index (χ0v) is 17.3. The second kappa shape index (κ2) is 8.56. The molecule has 146 valence electrons. The Morgan fingerprint density at radius 3 is 2.57 bits per heavy atom. The normalized spacial score (nSPS) is 16.2. The molecule has 0 aromatic heterocycles. The highest BCUT2D eigenvalue weighted by atomic mass is 79.9. The van der Waals surface area contributed by atoms with Crippen molar-refractivity contribution in [1.82, 2.24) is 0 Å². The molecule has 2 aromatic carbocycles. The van der Waals surface area contributed by atoms with Gasteiger partial charge in [-0.3, -0.25) is 14.4 Å². The molecule has 1 fully saturated rings. The molecular weight excluding hydrogens is 424 g/mol. The maximum absolute atomic E-state index is 12.3. The van der Waals surface area contributed by atoms with E-state index in [1.807, 2.05) is 50.2 Å². The molecule has 0 spiro atoms. The van der Waals surface area contributed by atoms with Crippen LogP contribution < -0.4 is 10.2 Å². The number of anilines is 2. The molecule has 7 heteroatoms. The van der Waals surface area contributed by atoms with Crippen molar-refractivity contribution in [2.75, 3.05) is 23.4 Å². The number of hydrogen-bond acceptors (Lipinski definition) is 4. The van der Waals surface area contributed by atoms with Crippen molar-refractivity contribution in [3.8, 4) is 0 Å². The largest absolute Gasteiger partial charge is 0.455 e. The summed E-state index contributed by atoms with van der Waals surface area (Å²) in [6, 6.07) is 12.8. The fourth-order valence-corrected chi connectivity index (χ4v) is 3.52. The van der Waals surface area contributed by atoms with E-state index in [1.54, 1.807) is 11.0 Å². The Morgan fingerprint density at radius 1 is 1.14 bits per heavy atom. The van der Waals surface area contributed by atoms with Crippen LogP contribution in [-0.2, 0) is 19.1 Å². The predicted molar refractivity (Wildman–Crippen MR) is 110 cm³/mol. The van der Waals surface area contributed by atoms with E-state index >= 15 is 0 Å². The summed E-state index contributed by atoms with van der Waals surface area (Å²) >= 11 is 3.45. The van der Waals surface area contributed by atoms with E-state index in [1.165, 1.54) is 0 Å². The van der Waals surface area contributed by atoms with Gasteiger partial charge in [-0.25, -0.2) is 0 Å². The second-order valence-corrected chi connectivity index (χ2v) is 7.60. The summed E-state index contributed by atoms with van der Waals surface area (Å²) in [5, 5.41) is 2.75. The first-order chi connectivity index (χ1) is 13.4. The van der Waals surface area contributed by atoms with E-state index in [2.05, 4.69) is 21.2 Å². The second-order valence-electron chi connectivity index (χ2n) is 6.74. The SMILES string of the molecule is Cc1c(Br)ccc(NC(=O)COC(=O)[C@@H]2CC(=O)N(c3ccccc3)C2)c1C. The third-order valence-electron chi connectivity index (χ3n) is 4.87. The molecule has 3 rings (SSSR count). The van der Waals surface area contributed by atoms with Gasteiger partial charge in [0.2, 0.25) is 5.91 Å². The summed E-state index contributed by atoms with van der Waals surface area (Å²) in [5.74, 6) is -1.65. The van der Waals surface area contributed by atoms with Crippen LogP contribution in [0.25, 0.3) is 0 Å². The van der Waals surface area contributed by atoms with Gasteiger partial charge in [0.1, 0.15) is 0 Å². The van der Waals surface area contributed by atoms with Crippen LogP contribution in [0.5, 0.6) is 0 Å². The predicted octanol–water partition coefficient (Wildman–Crippen LogP) is 3.60. The molecule has 1 aliphatic rings. The van der Waals surface area contributed by atoms with E-state index in [9.17, 15) is 14.4 Å². The summed E-state index contributed by atoms with van der Waals surface area (Å²) in [7, 11) is 0. The van der Waals surface area contributed by atoms with E-state index in [0.717, 1.165) is 21.3 Å². The summed E-state index contributed by atoms with van der Waals surface area (Å²) in [4.78, 5) is 38.2. The molecule has 0 aliphatic carbocycles. The first kappa shape index (κ1) is 20.1. The van der Waals surface area contributed by atoms with Gasteiger partial charge in [0.15, 0.2) is 6.61 Å². The highest BCUT2D eigenvalue weighted by molar-refractivity contribution is 9.10. The maximum Gasteiger partial charge on any atom is 0.311 e. The number of carbonyl (C=O) groups is 3. The summed E-state index contributed by atoms with van der Waals surface area (Å²) in [5.41, 5.74) is 3.39.